The summed E-state index contributed by atoms with van der Waals surface area (Å²) in [4.78, 5) is 0. The molecule has 0 amide bonds. The van der Waals surface area contributed by atoms with Crippen molar-refractivity contribution in [3.63, 3.8) is 0 Å². The number of hydrogen-bond donors (Lipinski definition) is 0. The Kier molecular flexibility index (Phi) is 5.43. The first kappa shape index (κ1) is 15.3. The molecule has 0 aliphatic rings. The number of hydrogen-bond acceptors (Lipinski definition) is 2. The van der Waals surface area contributed by atoms with Crippen LogP contribution in [0.3, 0.4) is 0 Å². The van der Waals surface area contributed by atoms with Crippen molar-refractivity contribution in [2.75, 3.05) is 7.11 Å². The molecule has 106 valence electrons. The lowest BCUT2D eigenvalue weighted by atomic mass is 10.2. The lowest BCUT2D eigenvalue weighted by molar-refractivity contribution is 0.295. The molecule has 2 aromatic rings. The van der Waals surface area contributed by atoms with Crippen LogP contribution in [0.5, 0.6) is 11.5 Å². The minimum atomic E-state index is -0.281. The molecular weight excluding hydrogens is 391 g/mol. The molecule has 0 saturated heterocycles. The van der Waals surface area contributed by atoms with Crippen LogP contribution < -0.4 is 9.47 Å². The van der Waals surface area contributed by atoms with Gasteiger partial charge in [-0.15, -0.1) is 0 Å². The molecule has 20 heavy (non-hydrogen) atoms. The summed E-state index contributed by atoms with van der Waals surface area (Å²) < 4.78 is 25.4. The van der Waals surface area contributed by atoms with Gasteiger partial charge in [0.1, 0.15) is 23.9 Å². The second-order valence-electron chi connectivity index (χ2n) is 4.13. The maximum absolute atomic E-state index is 13.7. The Labute approximate surface area is 134 Å². The van der Waals surface area contributed by atoms with Crippen molar-refractivity contribution in [2.24, 2.45) is 0 Å². The maximum atomic E-state index is 13.7. The Bertz CT molecular complexity index is 602. The van der Waals surface area contributed by atoms with E-state index >= 15 is 0 Å². The molecule has 0 heterocycles. The zero-order valence-electron chi connectivity index (χ0n) is 10.8. The zero-order valence-corrected chi connectivity index (χ0v) is 14.0. The highest BCUT2D eigenvalue weighted by Crippen LogP contribution is 2.28. The number of alkyl halides is 1. The van der Waals surface area contributed by atoms with Crippen LogP contribution in [0.2, 0.25) is 0 Å². The van der Waals surface area contributed by atoms with E-state index in [1.54, 1.807) is 25.3 Å². The van der Waals surface area contributed by atoms with Crippen molar-refractivity contribution < 1.29 is 13.9 Å². The van der Waals surface area contributed by atoms with Crippen molar-refractivity contribution in [1.29, 1.82) is 0 Å². The molecule has 0 aliphatic heterocycles. The molecular formula is C15H13Br2FO2. The molecule has 0 radical (unpaired) electrons. The number of rotatable bonds is 5. The smallest absolute Gasteiger partial charge is 0.129 e. The summed E-state index contributed by atoms with van der Waals surface area (Å²) in [7, 11) is 1.60. The summed E-state index contributed by atoms with van der Waals surface area (Å²) in [6, 6.07) is 10.4. The largest absolute Gasteiger partial charge is 0.497 e. The highest BCUT2D eigenvalue weighted by atomic mass is 79.9. The van der Waals surface area contributed by atoms with Gasteiger partial charge in [0.15, 0.2) is 0 Å². The molecule has 0 N–H and O–H groups in total. The van der Waals surface area contributed by atoms with E-state index < -0.39 is 0 Å². The Morgan fingerprint density at radius 3 is 2.60 bits per heavy atom. The van der Waals surface area contributed by atoms with E-state index in [0.717, 1.165) is 10.0 Å². The van der Waals surface area contributed by atoms with Crippen LogP contribution in [-0.4, -0.2) is 7.11 Å². The van der Waals surface area contributed by atoms with E-state index in [4.69, 9.17) is 9.47 Å². The Hall–Kier alpha value is -1.07. The minimum Gasteiger partial charge on any atom is -0.497 e. The van der Waals surface area contributed by atoms with Crippen LogP contribution in [-0.2, 0) is 11.9 Å². The fourth-order valence-electron chi connectivity index (χ4n) is 1.72. The van der Waals surface area contributed by atoms with Gasteiger partial charge < -0.3 is 9.47 Å². The van der Waals surface area contributed by atoms with Crippen LogP contribution >= 0.6 is 31.9 Å². The predicted octanol–water partition coefficient (Wildman–Crippen LogP) is 5.07. The summed E-state index contributed by atoms with van der Waals surface area (Å²) in [5.41, 5.74) is 1.49. The second-order valence-corrected chi connectivity index (χ2v) is 5.61. The van der Waals surface area contributed by atoms with E-state index in [0.29, 0.717) is 22.4 Å². The molecule has 5 heteroatoms. The Balaban J connectivity index is 2.19. The zero-order chi connectivity index (χ0) is 14.5. The normalized spacial score (nSPS) is 10.4. The third-order valence-corrected chi connectivity index (χ3v) is 3.91. The van der Waals surface area contributed by atoms with Crippen LogP contribution in [0, 0.1) is 5.82 Å². The quantitative estimate of drug-likeness (QED) is 0.648. The summed E-state index contributed by atoms with van der Waals surface area (Å²) in [6.07, 6.45) is 0. The monoisotopic (exact) mass is 402 g/mol. The van der Waals surface area contributed by atoms with E-state index in [1.807, 2.05) is 12.1 Å². The predicted molar refractivity (Wildman–Crippen MR) is 84.1 cm³/mol. The molecule has 0 atom stereocenters. The standard InChI is InChI=1S/C15H13Br2FO2/c1-19-13-4-2-10(8-16)15(7-13)20-9-11-6-12(17)3-5-14(11)18/h2-7H,8-9H2,1H3. The first-order chi connectivity index (χ1) is 9.63. The van der Waals surface area contributed by atoms with Crippen molar-refractivity contribution in [3.05, 3.63) is 57.8 Å². The molecule has 0 spiro atoms. The van der Waals surface area contributed by atoms with Crippen LogP contribution in [0.4, 0.5) is 4.39 Å². The highest BCUT2D eigenvalue weighted by molar-refractivity contribution is 9.10. The fraction of sp³-hybridized carbons (Fsp3) is 0.200. The molecule has 2 rings (SSSR count). The molecule has 2 nitrogen and oxygen atoms in total. The summed E-state index contributed by atoms with van der Waals surface area (Å²) in [5, 5.41) is 0.660. The first-order valence-corrected chi connectivity index (χ1v) is 7.85. The molecule has 0 fully saturated rings. The summed E-state index contributed by atoms with van der Waals surface area (Å²) in [5.74, 6) is 1.11. The Morgan fingerprint density at radius 2 is 1.90 bits per heavy atom. The van der Waals surface area contributed by atoms with Gasteiger partial charge in [0.05, 0.1) is 7.11 Å². The number of benzene rings is 2. The lowest BCUT2D eigenvalue weighted by Gasteiger charge is -2.12. The summed E-state index contributed by atoms with van der Waals surface area (Å²) in [6.45, 7) is 0.165. The minimum absolute atomic E-state index is 0.165. The third kappa shape index (κ3) is 3.73. The van der Waals surface area contributed by atoms with Crippen LogP contribution in [0.25, 0.3) is 0 Å². The Morgan fingerprint density at radius 1 is 1.10 bits per heavy atom. The molecule has 0 bridgehead atoms. The highest BCUT2D eigenvalue weighted by Gasteiger charge is 2.08. The number of ether oxygens (including phenoxy) is 2. The van der Waals surface area contributed by atoms with Gasteiger partial charge >= 0.3 is 0 Å². The second kappa shape index (κ2) is 7.09. The van der Waals surface area contributed by atoms with Gasteiger partial charge in [-0.1, -0.05) is 37.9 Å². The number of halogens is 3. The van der Waals surface area contributed by atoms with E-state index in [2.05, 4.69) is 31.9 Å². The topological polar surface area (TPSA) is 18.5 Å². The SMILES string of the molecule is COc1ccc(CBr)c(OCc2cc(Br)ccc2F)c1. The van der Waals surface area contributed by atoms with Gasteiger partial charge in [0.25, 0.3) is 0 Å². The first-order valence-electron chi connectivity index (χ1n) is 5.93. The average Bonchev–Trinajstić information content (AvgIpc) is 2.47. The van der Waals surface area contributed by atoms with E-state index in [-0.39, 0.29) is 12.4 Å². The molecule has 0 saturated carbocycles. The summed E-state index contributed by atoms with van der Waals surface area (Å²) >= 11 is 6.73. The van der Waals surface area contributed by atoms with E-state index in [1.165, 1.54) is 6.07 Å². The van der Waals surface area contributed by atoms with Crippen molar-refractivity contribution in [3.8, 4) is 11.5 Å². The molecule has 0 aliphatic carbocycles. The van der Waals surface area contributed by atoms with Gasteiger partial charge in [0.2, 0.25) is 0 Å². The van der Waals surface area contributed by atoms with Gasteiger partial charge in [-0.3, -0.25) is 0 Å². The molecule has 0 aromatic heterocycles. The van der Waals surface area contributed by atoms with E-state index in [9.17, 15) is 4.39 Å². The van der Waals surface area contributed by atoms with Gasteiger partial charge in [-0.25, -0.2) is 4.39 Å². The molecule has 2 aromatic carbocycles. The van der Waals surface area contributed by atoms with Crippen molar-refractivity contribution in [1.82, 2.24) is 0 Å². The average molecular weight is 404 g/mol. The van der Waals surface area contributed by atoms with Gasteiger partial charge in [0, 0.05) is 27.0 Å². The lowest BCUT2D eigenvalue weighted by Crippen LogP contribution is -2.01. The fourth-order valence-corrected chi connectivity index (χ4v) is 2.59. The number of methoxy groups -OCH3 is 1. The van der Waals surface area contributed by atoms with Crippen molar-refractivity contribution >= 4 is 31.9 Å². The van der Waals surface area contributed by atoms with Gasteiger partial charge in [-0.05, 0) is 24.3 Å². The van der Waals surface area contributed by atoms with Crippen LogP contribution in [0.1, 0.15) is 11.1 Å². The maximum Gasteiger partial charge on any atom is 0.129 e. The third-order valence-electron chi connectivity index (χ3n) is 2.81. The van der Waals surface area contributed by atoms with Crippen LogP contribution in [0.15, 0.2) is 40.9 Å². The molecule has 0 unspecified atom stereocenters. The van der Waals surface area contributed by atoms with Gasteiger partial charge in [-0.2, -0.15) is 0 Å². The van der Waals surface area contributed by atoms with Crippen molar-refractivity contribution in [2.45, 2.75) is 11.9 Å².